The first kappa shape index (κ1) is 8.48. The molecule has 3 rings (SSSR count). The van der Waals surface area contributed by atoms with E-state index in [1.165, 1.54) is 11.1 Å². The number of aromatic amines is 1. The predicted octanol–water partition coefficient (Wildman–Crippen LogP) is 2.25. The van der Waals surface area contributed by atoms with Crippen LogP contribution >= 0.6 is 0 Å². The van der Waals surface area contributed by atoms with Crippen molar-refractivity contribution in [2.24, 2.45) is 0 Å². The van der Waals surface area contributed by atoms with Gasteiger partial charge in [0.15, 0.2) is 0 Å². The average molecular weight is 197 g/mol. The van der Waals surface area contributed by atoms with E-state index in [1.807, 2.05) is 12.1 Å². The first-order valence-electron chi connectivity index (χ1n) is 5.06. The first-order valence-corrected chi connectivity index (χ1v) is 5.06. The van der Waals surface area contributed by atoms with Crippen LogP contribution in [0.1, 0.15) is 16.7 Å². The number of H-pyrrole nitrogens is 1. The number of aryl methyl sites for hydroxylation is 1. The normalized spacial score (nSPS) is 12.3. The van der Waals surface area contributed by atoms with Gasteiger partial charge in [-0.05, 0) is 36.1 Å². The monoisotopic (exact) mass is 197 g/mol. The van der Waals surface area contributed by atoms with Crippen LogP contribution in [0.5, 0.6) is 0 Å². The van der Waals surface area contributed by atoms with E-state index in [4.69, 9.17) is 0 Å². The van der Waals surface area contributed by atoms with Crippen molar-refractivity contribution in [1.82, 2.24) is 4.98 Å². The van der Waals surface area contributed by atoms with E-state index >= 15 is 0 Å². The number of rotatable bonds is 0. The van der Waals surface area contributed by atoms with E-state index in [-0.39, 0.29) is 5.56 Å². The molecule has 1 aliphatic rings. The van der Waals surface area contributed by atoms with E-state index in [0.717, 1.165) is 23.1 Å². The minimum Gasteiger partial charge on any atom is -0.329 e. The number of fused-ring (bicyclic) bond motifs is 3. The molecule has 0 unspecified atom stereocenters. The molecule has 74 valence electrons. The Bertz CT molecular complexity index is 596. The van der Waals surface area contributed by atoms with Crippen LogP contribution in [-0.4, -0.2) is 4.98 Å². The summed E-state index contributed by atoms with van der Waals surface area (Å²) >= 11 is 0. The van der Waals surface area contributed by atoms with Crippen LogP contribution in [0.2, 0.25) is 0 Å². The number of benzene rings is 1. The van der Waals surface area contributed by atoms with Gasteiger partial charge in [-0.2, -0.15) is 0 Å². The van der Waals surface area contributed by atoms with E-state index in [2.05, 4.69) is 24.0 Å². The smallest absolute Gasteiger partial charge is 0.256 e. The summed E-state index contributed by atoms with van der Waals surface area (Å²) in [7, 11) is 0. The van der Waals surface area contributed by atoms with Gasteiger partial charge in [-0.3, -0.25) is 4.79 Å². The lowest BCUT2D eigenvalue weighted by molar-refractivity contribution is 1.19. The van der Waals surface area contributed by atoms with E-state index in [9.17, 15) is 4.79 Å². The van der Waals surface area contributed by atoms with E-state index < -0.39 is 0 Å². The highest BCUT2D eigenvalue weighted by molar-refractivity contribution is 5.76. The average Bonchev–Trinajstić information content (AvgIpc) is 2.56. The topological polar surface area (TPSA) is 32.9 Å². The SMILES string of the molecule is Cc1ccc2c(c1)Cc1cc[nH]c(=O)c1-2. The summed E-state index contributed by atoms with van der Waals surface area (Å²) in [6.07, 6.45) is 2.61. The maximum Gasteiger partial charge on any atom is 0.256 e. The van der Waals surface area contributed by atoms with Crippen molar-refractivity contribution in [2.75, 3.05) is 0 Å². The van der Waals surface area contributed by atoms with Crippen LogP contribution in [0.25, 0.3) is 11.1 Å². The molecule has 0 amide bonds. The van der Waals surface area contributed by atoms with Crippen molar-refractivity contribution in [3.63, 3.8) is 0 Å². The third-order valence-corrected chi connectivity index (χ3v) is 2.96. The summed E-state index contributed by atoms with van der Waals surface area (Å²) in [5, 5.41) is 0. The molecule has 0 atom stereocenters. The molecule has 0 bridgehead atoms. The number of nitrogens with one attached hydrogen (secondary N) is 1. The van der Waals surface area contributed by atoms with Gasteiger partial charge in [-0.25, -0.2) is 0 Å². The lowest BCUT2D eigenvalue weighted by Gasteiger charge is -1.99. The van der Waals surface area contributed by atoms with Gasteiger partial charge in [0.05, 0.1) is 5.56 Å². The van der Waals surface area contributed by atoms with Crippen molar-refractivity contribution >= 4 is 0 Å². The second-order valence-electron chi connectivity index (χ2n) is 4.04. The number of pyridine rings is 1. The zero-order valence-electron chi connectivity index (χ0n) is 8.50. The Hall–Kier alpha value is -1.83. The molecule has 0 spiro atoms. The van der Waals surface area contributed by atoms with Gasteiger partial charge in [0, 0.05) is 6.20 Å². The molecule has 0 saturated carbocycles. The Morgan fingerprint density at radius 2 is 2.07 bits per heavy atom. The molecule has 1 aromatic carbocycles. The fraction of sp³-hybridized carbons (Fsp3) is 0.154. The van der Waals surface area contributed by atoms with Crippen molar-refractivity contribution in [1.29, 1.82) is 0 Å². The molecule has 1 heterocycles. The zero-order valence-corrected chi connectivity index (χ0v) is 8.50. The van der Waals surface area contributed by atoms with Crippen LogP contribution in [0.15, 0.2) is 35.3 Å². The molecule has 1 aromatic heterocycles. The molecule has 0 radical (unpaired) electrons. The Labute approximate surface area is 87.6 Å². The minimum atomic E-state index is 0.0232. The molecular weight excluding hydrogens is 186 g/mol. The molecule has 0 saturated heterocycles. The van der Waals surface area contributed by atoms with Crippen LogP contribution < -0.4 is 5.56 Å². The predicted molar refractivity (Wildman–Crippen MR) is 60.0 cm³/mol. The van der Waals surface area contributed by atoms with Gasteiger partial charge in [0.25, 0.3) is 5.56 Å². The third-order valence-electron chi connectivity index (χ3n) is 2.96. The quantitative estimate of drug-likeness (QED) is 0.589. The van der Waals surface area contributed by atoms with E-state index in [1.54, 1.807) is 6.20 Å². The molecule has 15 heavy (non-hydrogen) atoms. The second-order valence-corrected chi connectivity index (χ2v) is 4.04. The van der Waals surface area contributed by atoms with Gasteiger partial charge in [0.2, 0.25) is 0 Å². The molecule has 2 heteroatoms. The lowest BCUT2D eigenvalue weighted by Crippen LogP contribution is -2.07. The van der Waals surface area contributed by atoms with Crippen LogP contribution in [0, 0.1) is 6.92 Å². The Morgan fingerprint density at radius 1 is 1.20 bits per heavy atom. The summed E-state index contributed by atoms with van der Waals surface area (Å²) in [5.41, 5.74) is 5.62. The summed E-state index contributed by atoms with van der Waals surface area (Å²) < 4.78 is 0. The molecular formula is C13H11NO. The van der Waals surface area contributed by atoms with Crippen molar-refractivity contribution in [2.45, 2.75) is 13.3 Å². The maximum absolute atomic E-state index is 11.7. The highest BCUT2D eigenvalue weighted by atomic mass is 16.1. The summed E-state index contributed by atoms with van der Waals surface area (Å²) in [5.74, 6) is 0. The first-order chi connectivity index (χ1) is 7.25. The number of hydrogen-bond donors (Lipinski definition) is 1. The Morgan fingerprint density at radius 3 is 2.93 bits per heavy atom. The summed E-state index contributed by atoms with van der Waals surface area (Å²) in [6, 6.07) is 8.26. The largest absolute Gasteiger partial charge is 0.329 e. The minimum absolute atomic E-state index is 0.0232. The number of hydrogen-bond acceptors (Lipinski definition) is 1. The summed E-state index contributed by atoms with van der Waals surface area (Å²) in [4.78, 5) is 14.4. The zero-order chi connectivity index (χ0) is 10.4. The Kier molecular flexibility index (Phi) is 1.60. The summed E-state index contributed by atoms with van der Waals surface area (Å²) in [6.45, 7) is 2.08. The standard InChI is InChI=1S/C13H11NO/c1-8-2-3-11-10(6-8)7-9-4-5-14-13(15)12(9)11/h2-6H,7H2,1H3,(H,14,15). The van der Waals surface area contributed by atoms with Gasteiger partial charge in [0.1, 0.15) is 0 Å². The van der Waals surface area contributed by atoms with Crippen molar-refractivity contribution in [3.05, 3.63) is 57.5 Å². The van der Waals surface area contributed by atoms with Gasteiger partial charge < -0.3 is 4.98 Å². The molecule has 0 aliphatic heterocycles. The molecule has 1 aliphatic carbocycles. The highest BCUT2D eigenvalue weighted by Gasteiger charge is 2.20. The highest BCUT2D eigenvalue weighted by Crippen LogP contribution is 2.33. The fourth-order valence-corrected chi connectivity index (χ4v) is 2.28. The molecule has 2 aromatic rings. The van der Waals surface area contributed by atoms with Crippen molar-refractivity contribution < 1.29 is 0 Å². The number of aromatic nitrogens is 1. The molecule has 2 nitrogen and oxygen atoms in total. The van der Waals surface area contributed by atoms with Crippen LogP contribution in [0.3, 0.4) is 0 Å². The molecule has 1 N–H and O–H groups in total. The van der Waals surface area contributed by atoms with Crippen LogP contribution in [0.4, 0.5) is 0 Å². The fourth-order valence-electron chi connectivity index (χ4n) is 2.28. The maximum atomic E-state index is 11.7. The van der Waals surface area contributed by atoms with Crippen LogP contribution in [-0.2, 0) is 6.42 Å². The van der Waals surface area contributed by atoms with Gasteiger partial charge in [-0.15, -0.1) is 0 Å². The molecule has 0 fully saturated rings. The van der Waals surface area contributed by atoms with E-state index in [0.29, 0.717) is 0 Å². The third kappa shape index (κ3) is 1.14. The van der Waals surface area contributed by atoms with Gasteiger partial charge in [-0.1, -0.05) is 23.8 Å². The Balaban J connectivity index is 2.36. The van der Waals surface area contributed by atoms with Crippen molar-refractivity contribution in [3.8, 4) is 11.1 Å². The lowest BCUT2D eigenvalue weighted by atomic mass is 10.1. The van der Waals surface area contributed by atoms with Gasteiger partial charge >= 0.3 is 0 Å². The second kappa shape index (κ2) is 2.83.